The third-order valence-corrected chi connectivity index (χ3v) is 5.88. The van der Waals surface area contributed by atoms with Crippen LogP contribution < -0.4 is 5.32 Å². The number of ether oxygens (including phenoxy) is 1. The number of rotatable bonds is 6. The number of aromatic nitrogens is 3. The Kier molecular flexibility index (Phi) is 5.97. The van der Waals surface area contributed by atoms with Crippen LogP contribution in [0.5, 0.6) is 0 Å². The van der Waals surface area contributed by atoms with Crippen molar-refractivity contribution in [1.29, 1.82) is 0 Å². The van der Waals surface area contributed by atoms with Gasteiger partial charge in [-0.2, -0.15) is 9.78 Å². The molecule has 0 atom stereocenters. The fourth-order valence-corrected chi connectivity index (χ4v) is 4.24. The Morgan fingerprint density at radius 2 is 1.71 bits per heavy atom. The van der Waals surface area contributed by atoms with Crippen molar-refractivity contribution in [2.24, 2.45) is 0 Å². The molecule has 0 saturated carbocycles. The molecule has 0 aliphatic rings. The van der Waals surface area contributed by atoms with Gasteiger partial charge in [0.2, 0.25) is 5.91 Å². The predicted octanol–water partition coefficient (Wildman–Crippen LogP) is 5.24. The number of anilines is 1. The number of benzene rings is 3. The molecule has 1 N–H and O–H groups in total. The zero-order valence-electron chi connectivity index (χ0n) is 19.5. The normalized spacial score (nSPS) is 11.0. The molecule has 0 unspecified atom stereocenters. The molecular formula is C28H24N4O3. The topological polar surface area (TPSA) is 86.1 Å². The van der Waals surface area contributed by atoms with Gasteiger partial charge < -0.3 is 10.1 Å². The van der Waals surface area contributed by atoms with Gasteiger partial charge in [0.05, 0.1) is 24.7 Å². The molecule has 5 rings (SSSR count). The Morgan fingerprint density at radius 1 is 0.971 bits per heavy atom. The van der Waals surface area contributed by atoms with Crippen molar-refractivity contribution in [3.63, 3.8) is 0 Å². The molecule has 5 aromatic rings. The molecule has 2 aromatic heterocycles. The molecule has 0 saturated heterocycles. The lowest BCUT2D eigenvalue weighted by molar-refractivity contribution is -0.115. The minimum atomic E-state index is -0.559. The molecule has 0 fully saturated rings. The van der Waals surface area contributed by atoms with Crippen molar-refractivity contribution in [2.45, 2.75) is 20.3 Å². The number of hydrogen-bond donors (Lipinski definition) is 1. The van der Waals surface area contributed by atoms with E-state index in [1.807, 2.05) is 79.7 Å². The fraction of sp³-hybridized carbons (Fsp3) is 0.143. The Hall–Kier alpha value is -4.52. The van der Waals surface area contributed by atoms with Crippen molar-refractivity contribution < 1.29 is 14.3 Å². The summed E-state index contributed by atoms with van der Waals surface area (Å²) in [4.78, 5) is 30.6. The minimum absolute atomic E-state index is 0.138. The monoisotopic (exact) mass is 464 g/mol. The number of para-hydroxylation sites is 1. The average Bonchev–Trinajstić information content (AvgIpc) is 3.28. The van der Waals surface area contributed by atoms with Crippen LogP contribution in [0.15, 0.2) is 79.0 Å². The lowest BCUT2D eigenvalue weighted by atomic mass is 10.0. The van der Waals surface area contributed by atoms with Gasteiger partial charge in [-0.15, -0.1) is 0 Å². The molecule has 0 radical (unpaired) electrons. The van der Waals surface area contributed by atoms with Gasteiger partial charge in [-0.3, -0.25) is 4.79 Å². The quantitative estimate of drug-likeness (QED) is 0.347. The zero-order valence-corrected chi connectivity index (χ0v) is 19.5. The SMILES string of the molecule is CCOC(=O)c1cnn(-c2cc(C)c3ccccc3n2)c1NC(=O)Cc1cccc2ccccc12. The summed E-state index contributed by atoms with van der Waals surface area (Å²) < 4.78 is 6.68. The summed E-state index contributed by atoms with van der Waals surface area (Å²) in [5.74, 6) is -0.101. The van der Waals surface area contributed by atoms with E-state index in [-0.39, 0.29) is 30.3 Å². The molecule has 0 spiro atoms. The number of pyridine rings is 1. The number of amides is 1. The van der Waals surface area contributed by atoms with Crippen LogP contribution in [-0.2, 0) is 16.0 Å². The van der Waals surface area contributed by atoms with E-state index in [0.717, 1.165) is 32.8 Å². The van der Waals surface area contributed by atoms with Gasteiger partial charge in [-0.05, 0) is 47.9 Å². The summed E-state index contributed by atoms with van der Waals surface area (Å²) in [7, 11) is 0. The average molecular weight is 465 g/mol. The van der Waals surface area contributed by atoms with Gasteiger partial charge in [0.15, 0.2) is 11.6 Å². The molecule has 7 heteroatoms. The Morgan fingerprint density at radius 3 is 2.54 bits per heavy atom. The highest BCUT2D eigenvalue weighted by Crippen LogP contribution is 2.25. The first-order chi connectivity index (χ1) is 17.0. The maximum Gasteiger partial charge on any atom is 0.343 e. The number of carbonyl (C=O) groups is 2. The number of nitrogens with one attached hydrogen (secondary N) is 1. The number of hydrogen-bond acceptors (Lipinski definition) is 5. The van der Waals surface area contributed by atoms with Crippen molar-refractivity contribution in [2.75, 3.05) is 11.9 Å². The smallest absolute Gasteiger partial charge is 0.343 e. The molecule has 35 heavy (non-hydrogen) atoms. The van der Waals surface area contributed by atoms with Gasteiger partial charge in [0.25, 0.3) is 0 Å². The minimum Gasteiger partial charge on any atom is -0.462 e. The highest BCUT2D eigenvalue weighted by Gasteiger charge is 2.23. The third kappa shape index (κ3) is 4.36. The van der Waals surface area contributed by atoms with Crippen molar-refractivity contribution in [3.05, 3.63) is 95.7 Å². The van der Waals surface area contributed by atoms with E-state index in [9.17, 15) is 9.59 Å². The van der Waals surface area contributed by atoms with Crippen LogP contribution in [0.2, 0.25) is 0 Å². The summed E-state index contributed by atoms with van der Waals surface area (Å²) in [5.41, 5.74) is 2.87. The number of carbonyl (C=O) groups excluding carboxylic acids is 2. The largest absolute Gasteiger partial charge is 0.462 e. The molecular weight excluding hydrogens is 440 g/mol. The molecule has 0 bridgehead atoms. The van der Waals surface area contributed by atoms with Crippen LogP contribution in [0.1, 0.15) is 28.4 Å². The third-order valence-electron chi connectivity index (χ3n) is 5.88. The Bertz CT molecular complexity index is 1570. The molecule has 7 nitrogen and oxygen atoms in total. The second-order valence-electron chi connectivity index (χ2n) is 8.22. The lowest BCUT2D eigenvalue weighted by Crippen LogP contribution is -2.20. The highest BCUT2D eigenvalue weighted by atomic mass is 16.5. The summed E-state index contributed by atoms with van der Waals surface area (Å²) in [6.45, 7) is 3.93. The number of esters is 1. The number of aryl methyl sites for hydroxylation is 1. The van der Waals surface area contributed by atoms with Crippen molar-refractivity contribution >= 4 is 39.4 Å². The van der Waals surface area contributed by atoms with Crippen LogP contribution in [0.25, 0.3) is 27.5 Å². The van der Waals surface area contributed by atoms with Gasteiger partial charge in [-0.1, -0.05) is 60.7 Å². The van der Waals surface area contributed by atoms with Crippen LogP contribution in [0, 0.1) is 6.92 Å². The zero-order chi connectivity index (χ0) is 24.4. The molecule has 0 aliphatic carbocycles. The van der Waals surface area contributed by atoms with Crippen LogP contribution in [-0.4, -0.2) is 33.2 Å². The molecule has 1 amide bonds. The maximum atomic E-state index is 13.2. The van der Waals surface area contributed by atoms with Gasteiger partial charge in [-0.25, -0.2) is 9.78 Å². The van der Waals surface area contributed by atoms with Crippen molar-refractivity contribution in [1.82, 2.24) is 14.8 Å². The summed E-state index contributed by atoms with van der Waals surface area (Å²) in [5, 5.41) is 10.4. The summed E-state index contributed by atoms with van der Waals surface area (Å²) in [6, 6.07) is 23.5. The predicted molar refractivity (Wildman–Crippen MR) is 136 cm³/mol. The van der Waals surface area contributed by atoms with E-state index in [4.69, 9.17) is 9.72 Å². The summed E-state index contributed by atoms with van der Waals surface area (Å²) in [6.07, 6.45) is 1.54. The number of fused-ring (bicyclic) bond motifs is 2. The van der Waals surface area contributed by atoms with E-state index in [1.54, 1.807) is 6.92 Å². The standard InChI is InChI=1S/C28H24N4O3/c1-3-35-28(34)23-17-29-32(25-15-18(2)21-12-6-7-14-24(21)30-25)27(23)31-26(33)16-20-11-8-10-19-9-4-5-13-22(19)20/h4-15,17H,3,16H2,1-2H3,(H,31,33). The molecule has 174 valence electrons. The lowest BCUT2D eigenvalue weighted by Gasteiger charge is -2.13. The second kappa shape index (κ2) is 9.38. The molecule has 0 aliphatic heterocycles. The number of nitrogens with zero attached hydrogens (tertiary/aromatic N) is 3. The first-order valence-electron chi connectivity index (χ1n) is 11.4. The highest BCUT2D eigenvalue weighted by molar-refractivity contribution is 6.02. The van der Waals surface area contributed by atoms with Gasteiger partial charge >= 0.3 is 5.97 Å². The van der Waals surface area contributed by atoms with Crippen LogP contribution >= 0.6 is 0 Å². The first kappa shape index (κ1) is 22.3. The second-order valence-corrected chi connectivity index (χ2v) is 8.22. The first-order valence-corrected chi connectivity index (χ1v) is 11.4. The summed E-state index contributed by atoms with van der Waals surface area (Å²) >= 11 is 0. The van der Waals surface area contributed by atoms with Crippen molar-refractivity contribution in [3.8, 4) is 5.82 Å². The fourth-order valence-electron chi connectivity index (χ4n) is 4.24. The van der Waals surface area contributed by atoms with E-state index >= 15 is 0 Å². The van der Waals surface area contributed by atoms with E-state index in [2.05, 4.69) is 10.4 Å². The van der Waals surface area contributed by atoms with E-state index in [0.29, 0.717) is 5.82 Å². The van der Waals surface area contributed by atoms with Gasteiger partial charge in [0, 0.05) is 5.39 Å². The molecule has 3 aromatic carbocycles. The van der Waals surface area contributed by atoms with Crippen LogP contribution in [0.4, 0.5) is 5.82 Å². The maximum absolute atomic E-state index is 13.2. The van der Waals surface area contributed by atoms with Gasteiger partial charge in [0.1, 0.15) is 5.56 Å². The molecule has 2 heterocycles. The Balaban J connectivity index is 1.54. The van der Waals surface area contributed by atoms with E-state index in [1.165, 1.54) is 10.9 Å². The Labute approximate surface area is 202 Å². The van der Waals surface area contributed by atoms with E-state index < -0.39 is 5.97 Å². The van der Waals surface area contributed by atoms with Crippen LogP contribution in [0.3, 0.4) is 0 Å².